The van der Waals surface area contributed by atoms with E-state index >= 15 is 0 Å². The van der Waals surface area contributed by atoms with Crippen molar-refractivity contribution < 1.29 is 9.34 Å². The van der Waals surface area contributed by atoms with Crippen molar-refractivity contribution in [3.63, 3.8) is 0 Å². The van der Waals surface area contributed by atoms with Crippen LogP contribution < -0.4 is 4.90 Å². The number of aryl methyl sites for hydroxylation is 1. The highest BCUT2D eigenvalue weighted by Gasteiger charge is 2.22. The molecule has 0 aliphatic carbocycles. The van der Waals surface area contributed by atoms with Crippen LogP contribution in [0.15, 0.2) is 65.1 Å². The maximum Gasteiger partial charge on any atom is 0.270 e. The Hall–Kier alpha value is -3.19. The summed E-state index contributed by atoms with van der Waals surface area (Å²) in [5.41, 5.74) is 3.19. The molecule has 3 aromatic rings. The number of nitro benzene ring substituents is 1. The number of piperazine rings is 1. The first-order valence-electron chi connectivity index (χ1n) is 9.47. The van der Waals surface area contributed by atoms with Gasteiger partial charge < -0.3 is 14.2 Å². The minimum atomic E-state index is -0.411. The van der Waals surface area contributed by atoms with Crippen LogP contribution in [-0.4, -0.2) is 41.0 Å². The first-order valence-corrected chi connectivity index (χ1v) is 9.87. The van der Waals surface area contributed by atoms with Crippen molar-refractivity contribution in [3.8, 4) is 11.3 Å². The van der Waals surface area contributed by atoms with E-state index in [-0.39, 0.29) is 5.69 Å². The van der Waals surface area contributed by atoms with Crippen LogP contribution in [0.5, 0.6) is 0 Å². The fourth-order valence-electron chi connectivity index (χ4n) is 3.53. The number of nitro groups is 1. The quantitative estimate of drug-likeness (QED) is 0.356. The Morgan fingerprint density at radius 3 is 2.52 bits per heavy atom. The van der Waals surface area contributed by atoms with Gasteiger partial charge in [0.2, 0.25) is 0 Å². The molecule has 2 heterocycles. The van der Waals surface area contributed by atoms with Gasteiger partial charge in [0.15, 0.2) is 5.76 Å². The highest BCUT2D eigenvalue weighted by Crippen LogP contribution is 2.27. The third-order valence-electron chi connectivity index (χ3n) is 5.09. The second-order valence-corrected chi connectivity index (χ2v) is 7.48. The van der Waals surface area contributed by atoms with Gasteiger partial charge in [0, 0.05) is 49.6 Å². The van der Waals surface area contributed by atoms with E-state index in [0.29, 0.717) is 22.1 Å². The first-order chi connectivity index (χ1) is 14.0. The number of benzene rings is 2. The van der Waals surface area contributed by atoms with Crippen molar-refractivity contribution in [2.45, 2.75) is 6.92 Å². The Kier molecular flexibility index (Phi) is 5.31. The highest BCUT2D eigenvalue weighted by molar-refractivity contribution is 7.80. The van der Waals surface area contributed by atoms with Gasteiger partial charge in [-0.3, -0.25) is 10.1 Å². The number of rotatable bonds is 4. The van der Waals surface area contributed by atoms with Crippen LogP contribution in [0.1, 0.15) is 11.3 Å². The van der Waals surface area contributed by atoms with Crippen LogP contribution in [0.25, 0.3) is 11.3 Å². The summed E-state index contributed by atoms with van der Waals surface area (Å²) in [6.07, 6.45) is 0. The number of hydrogen-bond acceptors (Lipinski definition) is 5. The monoisotopic (exact) mass is 407 g/mol. The minimum absolute atomic E-state index is 0.0373. The summed E-state index contributed by atoms with van der Waals surface area (Å²) in [6.45, 7) is 5.52. The molecule has 1 aliphatic rings. The molecule has 4 rings (SSSR count). The van der Waals surface area contributed by atoms with E-state index in [4.69, 9.17) is 16.6 Å². The molecule has 0 amide bonds. The van der Waals surface area contributed by atoms with Gasteiger partial charge in [0.05, 0.1) is 4.92 Å². The Bertz CT molecular complexity index is 1050. The molecule has 0 unspecified atom stereocenters. The molecule has 0 N–H and O–H groups in total. The zero-order valence-electron chi connectivity index (χ0n) is 16.1. The van der Waals surface area contributed by atoms with Gasteiger partial charge in [0.25, 0.3) is 5.69 Å². The van der Waals surface area contributed by atoms with E-state index in [1.54, 1.807) is 12.1 Å². The molecule has 1 aliphatic heterocycles. The van der Waals surface area contributed by atoms with Crippen LogP contribution in [-0.2, 0) is 0 Å². The van der Waals surface area contributed by atoms with E-state index in [0.717, 1.165) is 26.2 Å². The predicted molar refractivity (Wildman–Crippen MR) is 117 cm³/mol. The third kappa shape index (κ3) is 4.14. The van der Waals surface area contributed by atoms with Gasteiger partial charge in [-0.2, -0.15) is 0 Å². The van der Waals surface area contributed by atoms with Crippen molar-refractivity contribution in [2.24, 2.45) is 0 Å². The fraction of sp³-hybridized carbons (Fsp3) is 0.227. The average Bonchev–Trinajstić information content (AvgIpc) is 3.24. The number of nitrogens with zero attached hydrogens (tertiary/aromatic N) is 3. The molecule has 0 atom stereocenters. The largest absolute Gasteiger partial charge is 0.454 e. The zero-order chi connectivity index (χ0) is 20.4. The molecule has 148 valence electrons. The van der Waals surface area contributed by atoms with Crippen molar-refractivity contribution in [3.05, 3.63) is 82.1 Å². The third-order valence-corrected chi connectivity index (χ3v) is 5.55. The van der Waals surface area contributed by atoms with Crippen LogP contribution in [0.3, 0.4) is 0 Å². The lowest BCUT2D eigenvalue weighted by molar-refractivity contribution is -0.384. The van der Waals surface area contributed by atoms with Gasteiger partial charge >= 0.3 is 0 Å². The molecule has 6 nitrogen and oxygen atoms in total. The second-order valence-electron chi connectivity index (χ2n) is 7.09. The molecule has 1 aromatic heterocycles. The van der Waals surface area contributed by atoms with Gasteiger partial charge in [-0.25, -0.2) is 0 Å². The molecule has 1 saturated heterocycles. The van der Waals surface area contributed by atoms with Gasteiger partial charge in [0.1, 0.15) is 10.7 Å². The number of anilines is 1. The van der Waals surface area contributed by atoms with E-state index in [1.165, 1.54) is 23.4 Å². The maximum atomic E-state index is 11.0. The Balaban J connectivity index is 1.43. The van der Waals surface area contributed by atoms with Crippen molar-refractivity contribution in [1.29, 1.82) is 0 Å². The number of hydrogen-bond donors (Lipinski definition) is 0. The van der Waals surface area contributed by atoms with E-state index in [1.807, 2.05) is 12.1 Å². The maximum absolute atomic E-state index is 11.0. The van der Waals surface area contributed by atoms with Crippen LogP contribution in [0.4, 0.5) is 11.4 Å². The molecular formula is C22H21N3O3S. The molecule has 0 bridgehead atoms. The smallest absolute Gasteiger partial charge is 0.270 e. The topological polar surface area (TPSA) is 62.8 Å². The lowest BCUT2D eigenvalue weighted by atomic mass is 10.1. The molecule has 0 spiro atoms. The van der Waals surface area contributed by atoms with E-state index in [9.17, 15) is 10.1 Å². The molecule has 2 aromatic carbocycles. The van der Waals surface area contributed by atoms with Crippen LogP contribution in [0.2, 0.25) is 0 Å². The summed E-state index contributed by atoms with van der Waals surface area (Å²) < 4.78 is 5.93. The molecule has 0 radical (unpaired) electrons. The molecule has 7 heteroatoms. The highest BCUT2D eigenvalue weighted by atomic mass is 32.1. The van der Waals surface area contributed by atoms with Crippen molar-refractivity contribution in [1.82, 2.24) is 4.90 Å². The minimum Gasteiger partial charge on any atom is -0.454 e. The zero-order valence-corrected chi connectivity index (χ0v) is 16.9. The number of non-ortho nitro benzene ring substituents is 1. The first kappa shape index (κ1) is 19.1. The summed E-state index contributed by atoms with van der Waals surface area (Å²) in [4.78, 5) is 15.8. The summed E-state index contributed by atoms with van der Waals surface area (Å²) in [5, 5.41) is 11.0. The van der Waals surface area contributed by atoms with Crippen LogP contribution in [0, 0.1) is 17.0 Å². The van der Waals surface area contributed by atoms with Crippen molar-refractivity contribution >= 4 is 28.6 Å². The Morgan fingerprint density at radius 2 is 1.79 bits per heavy atom. The lowest BCUT2D eigenvalue weighted by Crippen LogP contribution is -2.48. The predicted octanol–water partition coefficient (Wildman–Crippen LogP) is 4.66. The molecule has 1 fully saturated rings. The fourth-order valence-corrected chi connectivity index (χ4v) is 3.82. The normalized spacial score (nSPS) is 14.1. The SMILES string of the molecule is Cc1cccc(N2CCN(C(=S)c3ccc(-c4cccc([N+](=O)[O-])c4)o3)CC2)c1. The Labute approximate surface area is 174 Å². The average molecular weight is 407 g/mol. The molecule has 29 heavy (non-hydrogen) atoms. The lowest BCUT2D eigenvalue weighted by Gasteiger charge is -2.37. The van der Waals surface area contributed by atoms with Gasteiger partial charge in [-0.15, -0.1) is 0 Å². The molecule has 0 saturated carbocycles. The van der Waals surface area contributed by atoms with Gasteiger partial charge in [-0.1, -0.05) is 36.5 Å². The standard InChI is InChI=1S/C22H21N3O3S/c1-16-4-2-6-18(14-16)23-10-12-24(13-11-23)22(29)21-9-8-20(28-21)17-5-3-7-19(15-17)25(26)27/h2-9,14-15H,10-13H2,1H3. The number of furan rings is 1. The second kappa shape index (κ2) is 8.05. The van der Waals surface area contributed by atoms with Crippen LogP contribution >= 0.6 is 12.2 Å². The van der Waals surface area contributed by atoms with Crippen molar-refractivity contribution in [2.75, 3.05) is 31.1 Å². The summed E-state index contributed by atoms with van der Waals surface area (Å²) in [5.74, 6) is 1.19. The van der Waals surface area contributed by atoms with Gasteiger partial charge in [-0.05, 0) is 36.8 Å². The summed E-state index contributed by atoms with van der Waals surface area (Å²) in [7, 11) is 0. The summed E-state index contributed by atoms with van der Waals surface area (Å²) >= 11 is 5.65. The molecular weight excluding hydrogens is 386 g/mol. The Morgan fingerprint density at radius 1 is 1.03 bits per heavy atom. The van der Waals surface area contributed by atoms with E-state index in [2.05, 4.69) is 41.0 Å². The number of thiocarbonyl (C=S) groups is 1. The summed E-state index contributed by atoms with van der Waals surface area (Å²) in [6, 6.07) is 18.6. The van der Waals surface area contributed by atoms with E-state index < -0.39 is 4.92 Å².